The van der Waals surface area contributed by atoms with Crippen LogP contribution in [0.5, 0.6) is 0 Å². The van der Waals surface area contributed by atoms with Gasteiger partial charge in [-0.2, -0.15) is 0 Å². The summed E-state index contributed by atoms with van der Waals surface area (Å²) in [4.78, 5) is 16.6. The van der Waals surface area contributed by atoms with Gasteiger partial charge in [-0.15, -0.1) is 0 Å². The highest BCUT2D eigenvalue weighted by Crippen LogP contribution is 2.31. The number of aliphatic hydroxyl groups is 1. The van der Waals surface area contributed by atoms with Gasteiger partial charge >= 0.3 is 0 Å². The van der Waals surface area contributed by atoms with Crippen molar-refractivity contribution in [1.29, 1.82) is 0 Å². The summed E-state index contributed by atoms with van der Waals surface area (Å²) in [7, 11) is -3.71. The summed E-state index contributed by atoms with van der Waals surface area (Å²) >= 11 is 0.823. The Balaban J connectivity index is 1.64. The Morgan fingerprint density at radius 3 is 2.34 bits per heavy atom. The van der Waals surface area contributed by atoms with Gasteiger partial charge in [0.05, 0.1) is 16.1 Å². The van der Waals surface area contributed by atoms with Gasteiger partial charge in [0.25, 0.3) is 0 Å². The Bertz CT molecular complexity index is 1280. The Morgan fingerprint density at radius 2 is 1.74 bits per heavy atom. The molecule has 35 heavy (non-hydrogen) atoms. The van der Waals surface area contributed by atoms with E-state index in [9.17, 15) is 27.1 Å². The summed E-state index contributed by atoms with van der Waals surface area (Å²) < 4.78 is 55.4. The van der Waals surface area contributed by atoms with E-state index in [0.717, 1.165) is 29.5 Å². The molecule has 0 fully saturated rings. The molecule has 3 rings (SSSR count). The zero-order valence-corrected chi connectivity index (χ0v) is 20.8. The zero-order valence-electron chi connectivity index (χ0n) is 19.1. The van der Waals surface area contributed by atoms with Crippen molar-refractivity contribution in [2.24, 2.45) is 0 Å². The number of ketones is 1. The quantitative estimate of drug-likeness (QED) is 0.218. The average Bonchev–Trinajstić information content (AvgIpc) is 3.12. The molecule has 2 aromatic carbocycles. The molecule has 188 valence electrons. The first-order valence-electron chi connectivity index (χ1n) is 10.7. The van der Waals surface area contributed by atoms with E-state index in [0.29, 0.717) is 24.9 Å². The Kier molecular flexibility index (Phi) is 8.21. The number of carbonyl (C=O) groups is 1. The molecule has 0 aliphatic rings. The molecule has 3 aromatic rings. The number of hydrogen-bond acceptors (Lipinski definition) is 8. The van der Waals surface area contributed by atoms with Crippen LogP contribution in [0.15, 0.2) is 47.4 Å². The molecule has 5 N–H and O–H groups in total. The summed E-state index contributed by atoms with van der Waals surface area (Å²) in [6.45, 7) is 3.65. The molecule has 0 amide bonds. The van der Waals surface area contributed by atoms with Gasteiger partial charge in [0.15, 0.2) is 5.13 Å². The molecule has 0 bridgehead atoms. The number of anilines is 3. The molecule has 12 heteroatoms. The average molecular weight is 525 g/mol. The fourth-order valence-corrected chi connectivity index (χ4v) is 5.12. The third-order valence-electron chi connectivity index (χ3n) is 4.97. The normalized spacial score (nSPS) is 12.0. The maximum absolute atomic E-state index is 14.0. The number of thiazole rings is 1. The van der Waals surface area contributed by atoms with Gasteiger partial charge in [-0.3, -0.25) is 4.79 Å². The van der Waals surface area contributed by atoms with E-state index in [1.807, 2.05) is 0 Å². The first-order valence-corrected chi connectivity index (χ1v) is 13.0. The van der Waals surface area contributed by atoms with E-state index in [4.69, 9.17) is 5.73 Å². The number of nitrogens with zero attached hydrogens (tertiary/aromatic N) is 1. The number of benzene rings is 2. The summed E-state index contributed by atoms with van der Waals surface area (Å²) in [5, 5.41) is 12.8. The second-order valence-electron chi connectivity index (χ2n) is 8.48. The van der Waals surface area contributed by atoms with Crippen molar-refractivity contribution in [2.75, 3.05) is 17.6 Å². The van der Waals surface area contributed by atoms with Crippen molar-refractivity contribution in [3.05, 3.63) is 64.5 Å². The number of nitrogen functional groups attached to an aromatic ring is 1. The number of halogens is 2. The van der Waals surface area contributed by atoms with E-state index in [2.05, 4.69) is 15.0 Å². The number of sulfonamides is 1. The molecule has 0 aliphatic carbocycles. The monoisotopic (exact) mass is 524 g/mol. The smallest absolute Gasteiger partial charge is 0.240 e. The van der Waals surface area contributed by atoms with Crippen LogP contribution in [-0.4, -0.2) is 36.4 Å². The molecule has 0 spiro atoms. The second-order valence-corrected chi connectivity index (χ2v) is 11.2. The number of nitrogens with one attached hydrogen (secondary N) is 2. The van der Waals surface area contributed by atoms with Crippen LogP contribution >= 0.6 is 11.3 Å². The van der Waals surface area contributed by atoms with E-state index < -0.39 is 38.6 Å². The van der Waals surface area contributed by atoms with Gasteiger partial charge in [-0.1, -0.05) is 17.4 Å². The van der Waals surface area contributed by atoms with E-state index in [1.165, 1.54) is 24.3 Å². The lowest BCUT2D eigenvalue weighted by molar-refractivity contribution is 0.0683. The van der Waals surface area contributed by atoms with Gasteiger partial charge in [0.1, 0.15) is 22.3 Å². The van der Waals surface area contributed by atoms with Crippen LogP contribution in [0, 0.1) is 11.6 Å². The van der Waals surface area contributed by atoms with E-state index in [-0.39, 0.29) is 27.3 Å². The summed E-state index contributed by atoms with van der Waals surface area (Å²) in [5.74, 6) is -3.10. The SMILES string of the molecule is CC(C)(O)CCCCNS(=O)(=O)c1ccc(Nc2nc(N)c(C(=O)c3c(F)cccc3F)s2)cc1. The molecule has 1 heterocycles. The van der Waals surface area contributed by atoms with Gasteiger partial charge in [-0.05, 0) is 69.5 Å². The predicted molar refractivity (Wildman–Crippen MR) is 131 cm³/mol. The van der Waals surface area contributed by atoms with Crippen molar-refractivity contribution < 1.29 is 27.1 Å². The first kappa shape index (κ1) is 26.7. The Morgan fingerprint density at radius 1 is 1.11 bits per heavy atom. The lowest BCUT2D eigenvalue weighted by Gasteiger charge is -2.16. The number of carbonyl (C=O) groups excluding carboxylic acids is 1. The van der Waals surface area contributed by atoms with Crippen LogP contribution < -0.4 is 15.8 Å². The highest BCUT2D eigenvalue weighted by atomic mass is 32.2. The molecule has 8 nitrogen and oxygen atoms in total. The van der Waals surface area contributed by atoms with E-state index in [1.54, 1.807) is 13.8 Å². The number of aromatic nitrogens is 1. The van der Waals surface area contributed by atoms with Gasteiger partial charge in [-0.25, -0.2) is 26.9 Å². The number of unbranched alkanes of at least 4 members (excludes halogenated alkanes) is 1. The summed E-state index contributed by atoms with van der Waals surface area (Å²) in [6, 6.07) is 8.94. The molecule has 0 saturated heterocycles. The van der Waals surface area contributed by atoms with Crippen LogP contribution in [0.3, 0.4) is 0 Å². The van der Waals surface area contributed by atoms with Crippen LogP contribution in [-0.2, 0) is 10.0 Å². The minimum atomic E-state index is -3.71. The van der Waals surface area contributed by atoms with Crippen LogP contribution in [0.1, 0.15) is 48.3 Å². The lowest BCUT2D eigenvalue weighted by atomic mass is 10.0. The summed E-state index contributed by atoms with van der Waals surface area (Å²) in [6.07, 6.45) is 1.84. The number of hydrogen-bond donors (Lipinski definition) is 4. The first-order chi connectivity index (χ1) is 16.4. The maximum atomic E-state index is 14.0. The van der Waals surface area contributed by atoms with Crippen molar-refractivity contribution in [2.45, 2.75) is 43.6 Å². The van der Waals surface area contributed by atoms with Crippen molar-refractivity contribution in [3.8, 4) is 0 Å². The molecular weight excluding hydrogens is 498 g/mol. The van der Waals surface area contributed by atoms with Gasteiger partial charge in [0.2, 0.25) is 15.8 Å². The molecule has 0 atom stereocenters. The largest absolute Gasteiger partial charge is 0.390 e. The maximum Gasteiger partial charge on any atom is 0.240 e. The minimum absolute atomic E-state index is 0.0649. The summed E-state index contributed by atoms with van der Waals surface area (Å²) in [5.41, 5.74) is 4.77. The Hall–Kier alpha value is -2.93. The van der Waals surface area contributed by atoms with E-state index >= 15 is 0 Å². The fraction of sp³-hybridized carbons (Fsp3) is 0.304. The molecule has 1 aromatic heterocycles. The fourth-order valence-electron chi connectivity index (χ4n) is 3.19. The number of nitrogens with two attached hydrogens (primary N) is 1. The zero-order chi connectivity index (χ0) is 25.8. The highest BCUT2D eigenvalue weighted by Gasteiger charge is 2.24. The molecule has 0 unspecified atom stereocenters. The molecule has 0 saturated carbocycles. The topological polar surface area (TPSA) is 134 Å². The van der Waals surface area contributed by atoms with Gasteiger partial charge in [0, 0.05) is 12.2 Å². The highest BCUT2D eigenvalue weighted by molar-refractivity contribution is 7.89. The third kappa shape index (κ3) is 7.04. The van der Waals surface area contributed by atoms with Crippen molar-refractivity contribution in [3.63, 3.8) is 0 Å². The van der Waals surface area contributed by atoms with Crippen LogP contribution in [0.4, 0.5) is 25.4 Å². The predicted octanol–water partition coefficient (Wildman–Crippen LogP) is 4.20. The van der Waals surface area contributed by atoms with Crippen LogP contribution in [0.25, 0.3) is 0 Å². The van der Waals surface area contributed by atoms with Gasteiger partial charge < -0.3 is 16.2 Å². The molecule has 0 radical (unpaired) electrons. The Labute approximate surface area is 206 Å². The third-order valence-corrected chi connectivity index (χ3v) is 7.44. The lowest BCUT2D eigenvalue weighted by Crippen LogP contribution is -2.25. The van der Waals surface area contributed by atoms with Crippen molar-refractivity contribution >= 4 is 43.8 Å². The molecule has 0 aliphatic heterocycles. The molecular formula is C23H26F2N4O4S2. The van der Waals surface area contributed by atoms with Crippen molar-refractivity contribution in [1.82, 2.24) is 9.71 Å². The second kappa shape index (κ2) is 10.8. The minimum Gasteiger partial charge on any atom is -0.390 e. The van der Waals surface area contributed by atoms with Crippen LogP contribution in [0.2, 0.25) is 0 Å². The number of rotatable bonds is 11. The standard InChI is InChI=1S/C23H26F2N4O4S2/c1-23(2,31)12-3-4-13-27-35(32,33)15-10-8-14(9-11-15)28-22-29-21(26)20(34-22)19(30)18-16(24)6-5-7-17(18)25/h5-11,27,31H,3-4,12-13,26H2,1-2H3,(H,28,29).